The first-order valence-electron chi connectivity index (χ1n) is 7.20. The SMILES string of the molecule is CC[C@@H](C)C(=O)OCc1c(C)noc1-c1ccc(O)c(C#N)n1. The molecule has 0 fully saturated rings. The van der Waals surface area contributed by atoms with Crippen molar-refractivity contribution in [2.24, 2.45) is 5.92 Å². The van der Waals surface area contributed by atoms with E-state index in [9.17, 15) is 9.90 Å². The van der Waals surface area contributed by atoms with E-state index in [4.69, 9.17) is 14.5 Å². The molecule has 0 bridgehead atoms. The van der Waals surface area contributed by atoms with E-state index in [1.165, 1.54) is 12.1 Å². The van der Waals surface area contributed by atoms with Crippen molar-refractivity contribution in [2.45, 2.75) is 33.8 Å². The number of aromatic nitrogens is 2. The quantitative estimate of drug-likeness (QED) is 0.845. The van der Waals surface area contributed by atoms with Crippen LogP contribution in [0.15, 0.2) is 16.7 Å². The number of nitrogens with zero attached hydrogens (tertiary/aromatic N) is 3. The minimum Gasteiger partial charge on any atom is -0.505 e. The van der Waals surface area contributed by atoms with Crippen molar-refractivity contribution >= 4 is 5.97 Å². The summed E-state index contributed by atoms with van der Waals surface area (Å²) >= 11 is 0. The van der Waals surface area contributed by atoms with Gasteiger partial charge in [-0.1, -0.05) is 19.0 Å². The lowest BCUT2D eigenvalue weighted by Gasteiger charge is -2.09. The smallest absolute Gasteiger partial charge is 0.308 e. The molecule has 2 aromatic rings. The molecule has 7 nitrogen and oxygen atoms in total. The van der Waals surface area contributed by atoms with Crippen LogP contribution in [0.1, 0.15) is 37.2 Å². The molecule has 1 atom stereocenters. The summed E-state index contributed by atoms with van der Waals surface area (Å²) in [4.78, 5) is 15.8. The minimum absolute atomic E-state index is 0.0122. The lowest BCUT2D eigenvalue weighted by atomic mass is 10.1. The Balaban J connectivity index is 2.29. The summed E-state index contributed by atoms with van der Waals surface area (Å²) in [5, 5.41) is 22.3. The number of esters is 1. The first-order valence-corrected chi connectivity index (χ1v) is 7.20. The fourth-order valence-electron chi connectivity index (χ4n) is 1.87. The second-order valence-corrected chi connectivity index (χ2v) is 5.17. The van der Waals surface area contributed by atoms with Crippen molar-refractivity contribution in [3.8, 4) is 23.3 Å². The summed E-state index contributed by atoms with van der Waals surface area (Å²) in [6, 6.07) is 4.66. The van der Waals surface area contributed by atoms with Gasteiger partial charge < -0.3 is 14.4 Å². The van der Waals surface area contributed by atoms with Crippen LogP contribution in [0.2, 0.25) is 0 Å². The molecule has 1 N–H and O–H groups in total. The molecule has 120 valence electrons. The van der Waals surface area contributed by atoms with E-state index in [0.29, 0.717) is 29.1 Å². The monoisotopic (exact) mass is 315 g/mol. The summed E-state index contributed by atoms with van der Waals surface area (Å²) in [7, 11) is 0. The number of nitriles is 1. The number of hydrogen-bond donors (Lipinski definition) is 1. The Morgan fingerprint density at radius 2 is 2.26 bits per heavy atom. The Morgan fingerprint density at radius 3 is 2.91 bits per heavy atom. The van der Waals surface area contributed by atoms with Gasteiger partial charge in [-0.25, -0.2) is 4.98 Å². The molecule has 0 saturated carbocycles. The Morgan fingerprint density at radius 1 is 1.52 bits per heavy atom. The normalized spacial score (nSPS) is 11.7. The lowest BCUT2D eigenvalue weighted by molar-refractivity contribution is -0.149. The summed E-state index contributed by atoms with van der Waals surface area (Å²) in [5.74, 6) is -0.376. The van der Waals surface area contributed by atoms with Crippen LogP contribution < -0.4 is 0 Å². The average Bonchev–Trinajstić information content (AvgIpc) is 2.93. The topological polar surface area (TPSA) is 109 Å². The van der Waals surface area contributed by atoms with Crippen LogP contribution in [0.5, 0.6) is 5.75 Å². The summed E-state index contributed by atoms with van der Waals surface area (Å²) < 4.78 is 10.5. The molecular formula is C16H17N3O4. The van der Waals surface area contributed by atoms with E-state index in [1.54, 1.807) is 19.9 Å². The number of aromatic hydroxyl groups is 1. The number of pyridine rings is 1. The molecule has 23 heavy (non-hydrogen) atoms. The number of ether oxygens (including phenoxy) is 1. The highest BCUT2D eigenvalue weighted by Gasteiger charge is 2.20. The van der Waals surface area contributed by atoms with Gasteiger partial charge >= 0.3 is 5.97 Å². The maximum atomic E-state index is 11.8. The molecule has 0 radical (unpaired) electrons. The molecule has 2 rings (SSSR count). The standard InChI is InChI=1S/C16H17N3O4/c1-4-9(2)16(21)22-8-11-10(3)19-23-15(11)12-5-6-14(20)13(7-17)18-12/h5-6,9,20H,4,8H2,1-3H3/t9-/m1/s1. The molecule has 0 aliphatic heterocycles. The van der Waals surface area contributed by atoms with Gasteiger partial charge in [-0.2, -0.15) is 5.26 Å². The van der Waals surface area contributed by atoms with Gasteiger partial charge in [0, 0.05) is 0 Å². The fourth-order valence-corrected chi connectivity index (χ4v) is 1.87. The molecule has 2 heterocycles. The molecule has 0 aromatic carbocycles. The van der Waals surface area contributed by atoms with Gasteiger partial charge in [-0.15, -0.1) is 0 Å². The third kappa shape index (κ3) is 3.48. The van der Waals surface area contributed by atoms with Gasteiger partial charge in [-0.3, -0.25) is 4.79 Å². The zero-order valence-electron chi connectivity index (χ0n) is 13.2. The zero-order valence-corrected chi connectivity index (χ0v) is 13.2. The first-order chi connectivity index (χ1) is 11.0. The third-order valence-corrected chi connectivity index (χ3v) is 3.57. The average molecular weight is 315 g/mol. The van der Waals surface area contributed by atoms with Gasteiger partial charge in [0.15, 0.2) is 17.2 Å². The molecule has 0 unspecified atom stereocenters. The Labute approximate surface area is 133 Å². The van der Waals surface area contributed by atoms with E-state index in [2.05, 4.69) is 10.1 Å². The van der Waals surface area contributed by atoms with Crippen molar-refractivity contribution < 1.29 is 19.2 Å². The lowest BCUT2D eigenvalue weighted by Crippen LogP contribution is -2.14. The van der Waals surface area contributed by atoms with Crippen molar-refractivity contribution in [3.63, 3.8) is 0 Å². The van der Waals surface area contributed by atoms with Crippen LogP contribution in [0, 0.1) is 24.2 Å². The second-order valence-electron chi connectivity index (χ2n) is 5.17. The number of hydrogen-bond acceptors (Lipinski definition) is 7. The molecule has 0 aliphatic rings. The van der Waals surface area contributed by atoms with E-state index in [0.717, 1.165) is 0 Å². The molecule has 0 amide bonds. The minimum atomic E-state index is -0.296. The molecular weight excluding hydrogens is 298 g/mol. The summed E-state index contributed by atoms with van der Waals surface area (Å²) in [6.07, 6.45) is 0.694. The van der Waals surface area contributed by atoms with Crippen molar-refractivity contribution in [3.05, 3.63) is 29.1 Å². The largest absolute Gasteiger partial charge is 0.505 e. The van der Waals surface area contributed by atoms with Crippen LogP contribution in [0.25, 0.3) is 11.5 Å². The molecule has 0 spiro atoms. The van der Waals surface area contributed by atoms with Crippen molar-refractivity contribution in [1.82, 2.24) is 10.1 Å². The summed E-state index contributed by atoms with van der Waals surface area (Å²) in [6.45, 7) is 5.44. The van der Waals surface area contributed by atoms with Crippen LogP contribution in [0.4, 0.5) is 0 Å². The Kier molecular flexibility index (Phi) is 4.96. The molecule has 2 aromatic heterocycles. The zero-order chi connectivity index (χ0) is 17.0. The van der Waals surface area contributed by atoms with E-state index in [1.807, 2.05) is 6.92 Å². The van der Waals surface area contributed by atoms with Gasteiger partial charge in [-0.05, 0) is 25.5 Å². The second kappa shape index (κ2) is 6.92. The highest BCUT2D eigenvalue weighted by molar-refractivity contribution is 5.72. The highest BCUT2D eigenvalue weighted by atomic mass is 16.5. The third-order valence-electron chi connectivity index (χ3n) is 3.57. The predicted octanol–water partition coefficient (Wildman–Crippen LogP) is 2.71. The van der Waals surface area contributed by atoms with E-state index >= 15 is 0 Å². The van der Waals surface area contributed by atoms with Crippen LogP contribution in [-0.2, 0) is 16.1 Å². The first kappa shape index (κ1) is 16.5. The van der Waals surface area contributed by atoms with Crippen LogP contribution >= 0.6 is 0 Å². The molecule has 7 heteroatoms. The number of rotatable bonds is 5. The maximum absolute atomic E-state index is 11.8. The Bertz CT molecular complexity index is 761. The maximum Gasteiger partial charge on any atom is 0.308 e. The molecule has 0 saturated heterocycles. The van der Waals surface area contributed by atoms with Crippen molar-refractivity contribution in [1.29, 1.82) is 5.26 Å². The van der Waals surface area contributed by atoms with Gasteiger partial charge in [0.25, 0.3) is 0 Å². The Hall–Kier alpha value is -2.88. The number of carbonyl (C=O) groups excluding carboxylic acids is 1. The summed E-state index contributed by atoms with van der Waals surface area (Å²) in [5.41, 5.74) is 1.39. The molecule has 0 aliphatic carbocycles. The van der Waals surface area contributed by atoms with Gasteiger partial charge in [0.1, 0.15) is 18.4 Å². The van der Waals surface area contributed by atoms with E-state index < -0.39 is 0 Å². The van der Waals surface area contributed by atoms with Crippen LogP contribution in [0.3, 0.4) is 0 Å². The number of carbonyl (C=O) groups is 1. The van der Waals surface area contributed by atoms with E-state index in [-0.39, 0.29) is 29.9 Å². The van der Waals surface area contributed by atoms with Gasteiger partial charge in [0.05, 0.1) is 17.2 Å². The van der Waals surface area contributed by atoms with Crippen molar-refractivity contribution in [2.75, 3.05) is 0 Å². The fraction of sp³-hybridized carbons (Fsp3) is 0.375. The predicted molar refractivity (Wildman–Crippen MR) is 80.1 cm³/mol. The highest BCUT2D eigenvalue weighted by Crippen LogP contribution is 2.28. The van der Waals surface area contributed by atoms with Crippen LogP contribution in [-0.4, -0.2) is 21.2 Å². The van der Waals surface area contributed by atoms with Gasteiger partial charge in [0.2, 0.25) is 0 Å². The number of aryl methyl sites for hydroxylation is 1.